The van der Waals surface area contributed by atoms with Crippen LogP contribution in [-0.2, 0) is 0 Å². The number of piperazine rings is 1. The number of nitrogens with one attached hydrogen (secondary N) is 1. The molecule has 0 radical (unpaired) electrons. The van der Waals surface area contributed by atoms with Crippen LogP contribution in [0.3, 0.4) is 0 Å². The van der Waals surface area contributed by atoms with Crippen molar-refractivity contribution < 1.29 is 4.39 Å². The molecule has 4 heteroatoms. The van der Waals surface area contributed by atoms with Gasteiger partial charge < -0.3 is 10.2 Å². The average molecular weight is 225 g/mol. The molecule has 2 heterocycles. The van der Waals surface area contributed by atoms with Crippen LogP contribution < -0.4 is 10.2 Å². The maximum atomic E-state index is 12.7. The summed E-state index contributed by atoms with van der Waals surface area (Å²) in [5.41, 5.74) is 0. The van der Waals surface area contributed by atoms with Crippen LogP contribution in [-0.4, -0.2) is 30.7 Å². The second-order valence-electron chi connectivity index (χ2n) is 3.58. The Kier molecular flexibility index (Phi) is 5.19. The van der Waals surface area contributed by atoms with Crippen molar-refractivity contribution in [1.82, 2.24) is 10.3 Å². The van der Waals surface area contributed by atoms with Gasteiger partial charge in [-0.05, 0) is 19.1 Å². The fourth-order valence-electron chi connectivity index (χ4n) is 1.72. The van der Waals surface area contributed by atoms with Crippen molar-refractivity contribution in [2.24, 2.45) is 0 Å². The Balaban J connectivity index is 0.000000606. The summed E-state index contributed by atoms with van der Waals surface area (Å²) in [6, 6.07) is 3.61. The molecule has 0 amide bonds. The van der Waals surface area contributed by atoms with Gasteiger partial charge in [0.05, 0.1) is 6.20 Å². The van der Waals surface area contributed by atoms with Crippen LogP contribution in [0.2, 0.25) is 0 Å². The number of hydrogen-bond acceptors (Lipinski definition) is 3. The lowest BCUT2D eigenvalue weighted by Crippen LogP contribution is -2.50. The molecular weight excluding hydrogens is 205 g/mol. The number of hydrogen-bond donors (Lipinski definition) is 1. The van der Waals surface area contributed by atoms with Crippen LogP contribution in [0.1, 0.15) is 20.8 Å². The lowest BCUT2D eigenvalue weighted by atomic mass is 10.2. The zero-order valence-corrected chi connectivity index (χ0v) is 10.2. The van der Waals surface area contributed by atoms with Crippen LogP contribution >= 0.6 is 0 Å². The van der Waals surface area contributed by atoms with Gasteiger partial charge in [0, 0.05) is 25.7 Å². The number of halogens is 1. The van der Waals surface area contributed by atoms with E-state index in [1.807, 2.05) is 13.8 Å². The smallest absolute Gasteiger partial charge is 0.141 e. The van der Waals surface area contributed by atoms with Crippen molar-refractivity contribution in [3.63, 3.8) is 0 Å². The second kappa shape index (κ2) is 6.43. The fraction of sp³-hybridized carbons (Fsp3) is 0.583. The van der Waals surface area contributed by atoms with Gasteiger partial charge in [-0.2, -0.15) is 0 Å². The summed E-state index contributed by atoms with van der Waals surface area (Å²) >= 11 is 0. The van der Waals surface area contributed by atoms with E-state index >= 15 is 0 Å². The van der Waals surface area contributed by atoms with Crippen molar-refractivity contribution in [3.8, 4) is 0 Å². The minimum absolute atomic E-state index is 0.281. The van der Waals surface area contributed by atoms with Crippen LogP contribution in [0.5, 0.6) is 0 Å². The molecule has 90 valence electrons. The Labute approximate surface area is 96.7 Å². The highest BCUT2D eigenvalue weighted by atomic mass is 19.1. The topological polar surface area (TPSA) is 28.2 Å². The Morgan fingerprint density at radius 1 is 1.44 bits per heavy atom. The number of rotatable bonds is 1. The first-order valence-electron chi connectivity index (χ1n) is 5.86. The first-order valence-corrected chi connectivity index (χ1v) is 5.86. The van der Waals surface area contributed by atoms with E-state index in [0.29, 0.717) is 6.04 Å². The predicted octanol–water partition coefficient (Wildman–Crippen LogP) is 2.04. The second-order valence-corrected chi connectivity index (χ2v) is 3.58. The number of aromatic nitrogens is 1. The Bertz CT molecular complexity index is 300. The monoisotopic (exact) mass is 225 g/mol. The summed E-state index contributed by atoms with van der Waals surface area (Å²) in [5, 5.41) is 3.30. The first kappa shape index (κ1) is 12.9. The minimum atomic E-state index is -0.281. The van der Waals surface area contributed by atoms with E-state index in [0.717, 1.165) is 25.5 Å². The van der Waals surface area contributed by atoms with Crippen LogP contribution in [0, 0.1) is 5.82 Å². The Morgan fingerprint density at radius 3 is 2.75 bits per heavy atom. The van der Waals surface area contributed by atoms with E-state index < -0.39 is 0 Å². The third kappa shape index (κ3) is 3.17. The van der Waals surface area contributed by atoms with E-state index in [1.54, 1.807) is 6.07 Å². The van der Waals surface area contributed by atoms with Crippen molar-refractivity contribution in [2.45, 2.75) is 26.8 Å². The molecule has 0 bridgehead atoms. The molecule has 0 aromatic carbocycles. The molecule has 0 aliphatic carbocycles. The predicted molar refractivity (Wildman–Crippen MR) is 65.2 cm³/mol. The minimum Gasteiger partial charge on any atom is -0.351 e. The summed E-state index contributed by atoms with van der Waals surface area (Å²) in [5.74, 6) is 0.580. The highest BCUT2D eigenvalue weighted by Crippen LogP contribution is 2.14. The van der Waals surface area contributed by atoms with Crippen molar-refractivity contribution in [2.75, 3.05) is 24.5 Å². The van der Waals surface area contributed by atoms with E-state index in [-0.39, 0.29) is 5.82 Å². The highest BCUT2D eigenvalue weighted by Gasteiger charge is 2.18. The first-order chi connectivity index (χ1) is 7.77. The SMILES string of the molecule is CC.C[C@H]1CNCCN1c1ccc(F)cn1. The highest BCUT2D eigenvalue weighted by molar-refractivity contribution is 5.39. The molecule has 16 heavy (non-hydrogen) atoms. The molecule has 3 nitrogen and oxygen atoms in total. The molecule has 1 aromatic heterocycles. The van der Waals surface area contributed by atoms with Crippen molar-refractivity contribution in [1.29, 1.82) is 0 Å². The molecule has 1 fully saturated rings. The van der Waals surface area contributed by atoms with Gasteiger partial charge in [-0.15, -0.1) is 0 Å². The largest absolute Gasteiger partial charge is 0.351 e. The lowest BCUT2D eigenvalue weighted by Gasteiger charge is -2.34. The standard InChI is InChI=1S/C10H14FN3.C2H6/c1-8-6-12-4-5-14(8)10-3-2-9(11)7-13-10;1-2/h2-3,7-8,12H,4-6H2,1H3;1-2H3/t8-;/m0./s1. The molecule has 1 N–H and O–H groups in total. The van der Waals surface area contributed by atoms with Gasteiger partial charge in [0.25, 0.3) is 0 Å². The Hall–Kier alpha value is -1.16. The summed E-state index contributed by atoms with van der Waals surface area (Å²) in [7, 11) is 0. The maximum Gasteiger partial charge on any atom is 0.141 e. The van der Waals surface area contributed by atoms with E-state index in [2.05, 4.69) is 22.1 Å². The van der Waals surface area contributed by atoms with Gasteiger partial charge in [-0.3, -0.25) is 0 Å². The Morgan fingerprint density at radius 2 is 2.19 bits per heavy atom. The zero-order valence-electron chi connectivity index (χ0n) is 10.2. The van der Waals surface area contributed by atoms with Crippen LogP contribution in [0.25, 0.3) is 0 Å². The van der Waals surface area contributed by atoms with Gasteiger partial charge in [0.2, 0.25) is 0 Å². The molecule has 1 atom stereocenters. The summed E-state index contributed by atoms with van der Waals surface area (Å²) in [6.07, 6.45) is 1.27. The van der Waals surface area contributed by atoms with Gasteiger partial charge in [0.15, 0.2) is 0 Å². The van der Waals surface area contributed by atoms with Crippen LogP contribution in [0.4, 0.5) is 10.2 Å². The molecule has 1 aliphatic heterocycles. The molecule has 1 aliphatic rings. The van der Waals surface area contributed by atoms with E-state index in [9.17, 15) is 4.39 Å². The molecule has 1 saturated heterocycles. The summed E-state index contributed by atoms with van der Waals surface area (Å²) in [4.78, 5) is 6.27. The van der Waals surface area contributed by atoms with E-state index in [4.69, 9.17) is 0 Å². The van der Waals surface area contributed by atoms with Gasteiger partial charge in [-0.1, -0.05) is 13.8 Å². The molecule has 2 rings (SSSR count). The number of anilines is 1. The maximum absolute atomic E-state index is 12.7. The average Bonchev–Trinajstić information content (AvgIpc) is 2.34. The third-order valence-electron chi connectivity index (χ3n) is 2.51. The fourth-order valence-corrected chi connectivity index (χ4v) is 1.72. The van der Waals surface area contributed by atoms with Crippen molar-refractivity contribution in [3.05, 3.63) is 24.1 Å². The van der Waals surface area contributed by atoms with E-state index in [1.165, 1.54) is 12.3 Å². The van der Waals surface area contributed by atoms with Crippen molar-refractivity contribution >= 4 is 5.82 Å². The lowest BCUT2D eigenvalue weighted by molar-refractivity contribution is 0.496. The van der Waals surface area contributed by atoms with Gasteiger partial charge in [-0.25, -0.2) is 9.37 Å². The summed E-state index contributed by atoms with van der Waals surface area (Å²) < 4.78 is 12.7. The number of nitrogens with zero attached hydrogens (tertiary/aromatic N) is 2. The molecule has 0 saturated carbocycles. The van der Waals surface area contributed by atoms with Crippen LogP contribution in [0.15, 0.2) is 18.3 Å². The third-order valence-corrected chi connectivity index (χ3v) is 2.51. The molecule has 1 aromatic rings. The normalized spacial score (nSPS) is 20.0. The van der Waals surface area contributed by atoms with Gasteiger partial charge in [0.1, 0.15) is 11.6 Å². The number of pyridine rings is 1. The molecular formula is C12H20FN3. The molecule has 0 unspecified atom stereocenters. The zero-order chi connectivity index (χ0) is 12.0. The molecule has 0 spiro atoms. The quantitative estimate of drug-likeness (QED) is 0.793. The summed E-state index contributed by atoms with van der Waals surface area (Å²) in [6.45, 7) is 8.99. The van der Waals surface area contributed by atoms with Gasteiger partial charge >= 0.3 is 0 Å².